The Hall–Kier alpha value is -4.66. The number of nitrogens with zero attached hydrogens (tertiary/aromatic N) is 2. The number of carbonyl (C=O) groups is 4. The molecule has 0 radical (unpaired) electrons. The van der Waals surface area contributed by atoms with Crippen LogP contribution in [0.25, 0.3) is 10.9 Å². The molecule has 14 nitrogen and oxygen atoms in total. The maximum atomic E-state index is 14.8. The summed E-state index contributed by atoms with van der Waals surface area (Å²) in [5, 5.41) is 6.60. The van der Waals surface area contributed by atoms with E-state index < -0.39 is 73.3 Å². The van der Waals surface area contributed by atoms with Crippen molar-refractivity contribution in [3.05, 3.63) is 53.8 Å². The van der Waals surface area contributed by atoms with Crippen LogP contribution in [-0.4, -0.2) is 89.3 Å². The van der Waals surface area contributed by atoms with Crippen LogP contribution in [0.5, 0.6) is 11.5 Å². The molecule has 5 aliphatic rings. The summed E-state index contributed by atoms with van der Waals surface area (Å²) < 4.78 is 45.7. The Morgan fingerprint density at radius 2 is 1.86 bits per heavy atom. The Kier molecular flexibility index (Phi) is 10.2. The molecule has 1 saturated carbocycles. The molecular weight excluding hydrogens is 739 g/mol. The molecule has 2 aromatic rings. The van der Waals surface area contributed by atoms with Gasteiger partial charge in [-0.15, -0.1) is 0 Å². The fourth-order valence-electron chi connectivity index (χ4n) is 8.25. The fraction of sp³-hybridized carbons (Fsp3) is 0.585. The highest BCUT2D eigenvalue weighted by molar-refractivity contribution is 7.91. The molecule has 3 N–H and O–H groups in total. The van der Waals surface area contributed by atoms with Gasteiger partial charge >= 0.3 is 6.09 Å². The van der Waals surface area contributed by atoms with E-state index in [9.17, 15) is 27.6 Å². The van der Waals surface area contributed by atoms with Crippen molar-refractivity contribution in [2.45, 2.75) is 132 Å². The Morgan fingerprint density at radius 3 is 2.54 bits per heavy atom. The molecule has 5 unspecified atom stereocenters. The molecule has 4 heterocycles. The number of ether oxygens (including phenoxy) is 3. The number of hydrogen-bond donors (Lipinski definition) is 3. The molecular formula is C41H53N5O9S. The van der Waals surface area contributed by atoms with Gasteiger partial charge in [0.2, 0.25) is 21.8 Å². The third-order valence-electron chi connectivity index (χ3n) is 11.9. The number of hydrogen-bond acceptors (Lipinski definition) is 10. The molecule has 2 fully saturated rings. The summed E-state index contributed by atoms with van der Waals surface area (Å²) in [6.45, 7) is 8.69. The normalized spacial score (nSPS) is 28.7. The number of aryl methyl sites for hydroxylation is 2. The lowest BCUT2D eigenvalue weighted by Gasteiger charge is -2.42. The molecule has 7 rings (SSSR count). The maximum absolute atomic E-state index is 14.8. The predicted octanol–water partition coefficient (Wildman–Crippen LogP) is 4.67. The van der Waals surface area contributed by atoms with Crippen LogP contribution in [0, 0.1) is 12.8 Å². The third-order valence-corrected chi connectivity index (χ3v) is 14.0. The molecule has 2 aliphatic carbocycles. The van der Waals surface area contributed by atoms with Crippen LogP contribution in [0.2, 0.25) is 0 Å². The lowest BCUT2D eigenvalue weighted by Crippen LogP contribution is -2.67. The molecule has 1 aromatic carbocycles. The van der Waals surface area contributed by atoms with Crippen molar-refractivity contribution in [3.63, 3.8) is 0 Å². The van der Waals surface area contributed by atoms with Crippen LogP contribution in [0.3, 0.4) is 0 Å². The van der Waals surface area contributed by atoms with Crippen molar-refractivity contribution in [1.82, 2.24) is 25.2 Å². The minimum Gasteiger partial charge on any atom is -0.497 e. The van der Waals surface area contributed by atoms with Gasteiger partial charge in [-0.1, -0.05) is 37.1 Å². The highest BCUT2D eigenvalue weighted by atomic mass is 32.2. The number of carbonyl (C=O) groups excluding carboxylic acids is 4. The molecule has 1 aromatic heterocycles. The Balaban J connectivity index is 1.26. The molecule has 4 amide bonds. The molecule has 1 spiro atoms. The second kappa shape index (κ2) is 14.4. The maximum Gasteiger partial charge on any atom is 0.408 e. The van der Waals surface area contributed by atoms with Crippen molar-refractivity contribution >= 4 is 44.7 Å². The number of pyridine rings is 1. The second-order valence-corrected chi connectivity index (χ2v) is 19.4. The van der Waals surface area contributed by atoms with E-state index >= 15 is 0 Å². The first-order valence-corrected chi connectivity index (χ1v) is 21.1. The van der Waals surface area contributed by atoms with Gasteiger partial charge in [-0.25, -0.2) is 18.2 Å². The summed E-state index contributed by atoms with van der Waals surface area (Å²) in [7, 11) is -2.44. The topological polar surface area (TPSA) is 182 Å². The zero-order valence-electron chi connectivity index (χ0n) is 33.0. The van der Waals surface area contributed by atoms with Gasteiger partial charge in [0.1, 0.15) is 40.3 Å². The molecule has 302 valence electrons. The number of rotatable bonds is 5. The SMILES string of the molecule is COc1ccc2nc(C)c3c(c2c1)CCC1(CC2C(=O)NC4(C(=O)NS(=O)(=O)C5(C)CC5)C=CC4C=CCCCCCC(NC(=O)OC(C)(C)C)C(=O)N2C1)O3. The number of aromatic nitrogens is 1. The number of alkyl carbamates (subject to hydrolysis) is 1. The first-order valence-electron chi connectivity index (χ1n) is 19.6. The van der Waals surface area contributed by atoms with Gasteiger partial charge in [0.15, 0.2) is 0 Å². The van der Waals surface area contributed by atoms with Gasteiger partial charge in [0.05, 0.1) is 29.6 Å². The number of fused-ring (bicyclic) bond motifs is 5. The average Bonchev–Trinajstić information content (AvgIpc) is 3.79. The fourth-order valence-corrected chi connectivity index (χ4v) is 9.55. The molecule has 56 heavy (non-hydrogen) atoms. The zero-order chi connectivity index (χ0) is 40.3. The lowest BCUT2D eigenvalue weighted by molar-refractivity contribution is -0.142. The van der Waals surface area contributed by atoms with Crippen LogP contribution in [0.1, 0.15) is 96.7 Å². The number of benzene rings is 1. The molecule has 0 bridgehead atoms. The highest BCUT2D eigenvalue weighted by Crippen LogP contribution is 2.46. The van der Waals surface area contributed by atoms with Crippen LogP contribution in [-0.2, 0) is 35.6 Å². The third kappa shape index (κ3) is 7.46. The number of allylic oxidation sites excluding steroid dienone is 1. The van der Waals surface area contributed by atoms with Crippen molar-refractivity contribution in [2.75, 3.05) is 13.7 Å². The average molecular weight is 792 g/mol. The number of amides is 4. The van der Waals surface area contributed by atoms with Gasteiger partial charge in [-0.3, -0.25) is 19.1 Å². The molecule has 3 aliphatic heterocycles. The van der Waals surface area contributed by atoms with E-state index in [0.717, 1.165) is 29.3 Å². The van der Waals surface area contributed by atoms with Gasteiger partial charge in [-0.2, -0.15) is 0 Å². The smallest absolute Gasteiger partial charge is 0.408 e. The Bertz CT molecular complexity index is 2120. The first kappa shape index (κ1) is 39.6. The minimum atomic E-state index is -4.04. The van der Waals surface area contributed by atoms with Crippen molar-refractivity contribution in [3.8, 4) is 11.5 Å². The summed E-state index contributed by atoms with van der Waals surface area (Å²) in [5.41, 5.74) is -1.13. The van der Waals surface area contributed by atoms with Crippen molar-refractivity contribution in [2.24, 2.45) is 5.92 Å². The summed E-state index contributed by atoms with van der Waals surface area (Å²) in [6.07, 6.45) is 11.4. The van der Waals surface area contributed by atoms with E-state index in [1.54, 1.807) is 40.9 Å². The van der Waals surface area contributed by atoms with Crippen LogP contribution < -0.4 is 24.8 Å². The highest BCUT2D eigenvalue weighted by Gasteiger charge is 2.58. The van der Waals surface area contributed by atoms with Crippen molar-refractivity contribution in [1.29, 1.82) is 0 Å². The van der Waals surface area contributed by atoms with E-state index in [4.69, 9.17) is 19.2 Å². The number of nitrogens with one attached hydrogen (secondary N) is 3. The monoisotopic (exact) mass is 791 g/mol. The molecule has 15 heteroatoms. The van der Waals surface area contributed by atoms with E-state index in [-0.39, 0.29) is 13.0 Å². The Morgan fingerprint density at radius 1 is 1.09 bits per heavy atom. The summed E-state index contributed by atoms with van der Waals surface area (Å²) in [4.78, 5) is 63.1. The van der Waals surface area contributed by atoms with E-state index in [1.165, 1.54) is 11.0 Å². The summed E-state index contributed by atoms with van der Waals surface area (Å²) in [6, 6.07) is 3.54. The van der Waals surface area contributed by atoms with Gasteiger partial charge in [0.25, 0.3) is 5.91 Å². The summed E-state index contributed by atoms with van der Waals surface area (Å²) in [5.74, 6) is -1.34. The van der Waals surface area contributed by atoms with E-state index in [2.05, 4.69) is 15.4 Å². The van der Waals surface area contributed by atoms with E-state index in [1.807, 2.05) is 37.3 Å². The zero-order valence-corrected chi connectivity index (χ0v) is 33.8. The van der Waals surface area contributed by atoms with Crippen molar-refractivity contribution < 1.29 is 41.8 Å². The van der Waals surface area contributed by atoms with Crippen LogP contribution >= 0.6 is 0 Å². The number of sulfonamides is 1. The van der Waals surface area contributed by atoms with Gasteiger partial charge in [0, 0.05) is 23.3 Å². The van der Waals surface area contributed by atoms with Crippen LogP contribution in [0.4, 0.5) is 4.79 Å². The minimum absolute atomic E-state index is 0.0244. The lowest BCUT2D eigenvalue weighted by atomic mass is 9.73. The quantitative estimate of drug-likeness (QED) is 0.360. The van der Waals surface area contributed by atoms with E-state index in [0.29, 0.717) is 62.1 Å². The molecule has 5 atom stereocenters. The Labute approximate surface area is 328 Å². The van der Waals surface area contributed by atoms with Crippen LogP contribution in [0.15, 0.2) is 42.5 Å². The standard InChI is InChI=1S/C41H53N5O9S/c1-25-33-28(29-22-27(53-6)14-15-30(29)42-25)17-18-40(54-33)23-32-34(47)44-41(36(49)45-56(51,52)39(5)20-21-39)19-16-26(41)12-10-8-7-9-11-13-31(35(48)46(32)24-40)43-37(50)55-38(2,3)4/h10,12,14-16,19,22,26,31-32H,7-9,11,13,17-18,20-21,23-24H2,1-6H3,(H,43,50)(H,44,47)(H,45,49). The number of methoxy groups -OCH3 is 1. The predicted molar refractivity (Wildman–Crippen MR) is 208 cm³/mol. The second-order valence-electron chi connectivity index (χ2n) is 17.3. The largest absolute Gasteiger partial charge is 0.497 e. The summed E-state index contributed by atoms with van der Waals surface area (Å²) >= 11 is 0. The first-order chi connectivity index (χ1) is 26.4. The molecule has 1 saturated heterocycles. The van der Waals surface area contributed by atoms with Gasteiger partial charge in [-0.05, 0) is 97.8 Å². The van der Waals surface area contributed by atoms with Gasteiger partial charge < -0.3 is 29.7 Å².